The van der Waals surface area contributed by atoms with E-state index in [0.717, 1.165) is 5.71 Å². The Morgan fingerprint density at radius 3 is 2.69 bits per heavy atom. The van der Waals surface area contributed by atoms with Gasteiger partial charge in [0.15, 0.2) is 6.10 Å². The quantitative estimate of drug-likeness (QED) is 0.367. The smallest absolute Gasteiger partial charge is 0.155 e. The SMILES string of the molecule is C#C[C@H](C)O/C(C)=C/N=C(C)C=C. The second-order valence-corrected chi connectivity index (χ2v) is 2.64. The Morgan fingerprint density at radius 2 is 2.23 bits per heavy atom. The zero-order chi connectivity index (χ0) is 10.3. The van der Waals surface area contributed by atoms with Crippen LogP contribution in [0, 0.1) is 12.3 Å². The van der Waals surface area contributed by atoms with Gasteiger partial charge < -0.3 is 4.74 Å². The summed E-state index contributed by atoms with van der Waals surface area (Å²) >= 11 is 0. The predicted molar refractivity (Wildman–Crippen MR) is 56.4 cm³/mol. The van der Waals surface area contributed by atoms with Gasteiger partial charge in [-0.3, -0.25) is 4.99 Å². The van der Waals surface area contributed by atoms with Crippen molar-refractivity contribution in [2.24, 2.45) is 4.99 Å². The normalized spacial score (nSPS) is 14.6. The Kier molecular flexibility index (Phi) is 5.38. The van der Waals surface area contributed by atoms with Gasteiger partial charge in [0.2, 0.25) is 0 Å². The molecule has 0 aromatic heterocycles. The summed E-state index contributed by atoms with van der Waals surface area (Å²) in [5.41, 5.74) is 0.844. The minimum absolute atomic E-state index is 0.213. The van der Waals surface area contributed by atoms with Crippen molar-refractivity contribution in [2.75, 3.05) is 0 Å². The molecule has 0 aliphatic carbocycles. The number of hydrogen-bond acceptors (Lipinski definition) is 2. The minimum Gasteiger partial charge on any atom is -0.481 e. The zero-order valence-electron chi connectivity index (χ0n) is 8.37. The Labute approximate surface area is 80.0 Å². The van der Waals surface area contributed by atoms with Crippen LogP contribution in [0.2, 0.25) is 0 Å². The fourth-order valence-electron chi connectivity index (χ4n) is 0.589. The van der Waals surface area contributed by atoms with Crippen molar-refractivity contribution in [2.45, 2.75) is 26.9 Å². The molecule has 0 bridgehead atoms. The number of ether oxygens (including phenoxy) is 1. The Bertz CT molecular complexity index is 268. The molecule has 0 aliphatic heterocycles. The third kappa shape index (κ3) is 5.75. The van der Waals surface area contributed by atoms with Crippen molar-refractivity contribution < 1.29 is 4.74 Å². The maximum absolute atomic E-state index is 5.28. The van der Waals surface area contributed by atoms with E-state index in [0.29, 0.717) is 5.76 Å². The maximum Gasteiger partial charge on any atom is 0.155 e. The van der Waals surface area contributed by atoms with Gasteiger partial charge in [-0.15, -0.1) is 6.42 Å². The summed E-state index contributed by atoms with van der Waals surface area (Å²) in [6.07, 6.45) is 8.24. The summed E-state index contributed by atoms with van der Waals surface area (Å²) < 4.78 is 5.28. The number of terminal acetylenes is 1. The molecule has 0 amide bonds. The monoisotopic (exact) mass is 177 g/mol. The maximum atomic E-state index is 5.28. The fraction of sp³-hybridized carbons (Fsp3) is 0.364. The molecule has 2 heteroatoms. The van der Waals surface area contributed by atoms with E-state index >= 15 is 0 Å². The van der Waals surface area contributed by atoms with E-state index in [9.17, 15) is 0 Å². The lowest BCUT2D eigenvalue weighted by Gasteiger charge is -2.07. The predicted octanol–water partition coefficient (Wildman–Crippen LogP) is 2.53. The first-order valence-corrected chi connectivity index (χ1v) is 4.06. The molecule has 0 rings (SSSR count). The van der Waals surface area contributed by atoms with E-state index in [1.165, 1.54) is 0 Å². The first-order chi connectivity index (χ1) is 6.10. The van der Waals surface area contributed by atoms with E-state index in [-0.39, 0.29) is 6.10 Å². The topological polar surface area (TPSA) is 21.6 Å². The molecule has 0 aliphatic rings. The van der Waals surface area contributed by atoms with Crippen LogP contribution < -0.4 is 0 Å². The van der Waals surface area contributed by atoms with E-state index < -0.39 is 0 Å². The number of hydrogen-bond donors (Lipinski definition) is 0. The first kappa shape index (κ1) is 11.5. The van der Waals surface area contributed by atoms with Gasteiger partial charge in [0.05, 0.1) is 6.20 Å². The van der Waals surface area contributed by atoms with Crippen LogP contribution in [0.1, 0.15) is 20.8 Å². The molecule has 0 spiro atoms. The molecular formula is C11H15NO. The van der Waals surface area contributed by atoms with E-state index in [2.05, 4.69) is 17.5 Å². The van der Waals surface area contributed by atoms with Crippen LogP contribution in [0.25, 0.3) is 0 Å². The van der Waals surface area contributed by atoms with Crippen molar-refractivity contribution in [3.8, 4) is 12.3 Å². The summed E-state index contributed by atoms with van der Waals surface area (Å²) in [5.74, 6) is 3.17. The molecule has 70 valence electrons. The van der Waals surface area contributed by atoms with E-state index in [1.807, 2.05) is 13.8 Å². The van der Waals surface area contributed by atoms with Crippen molar-refractivity contribution in [3.05, 3.63) is 24.6 Å². The molecule has 1 atom stereocenters. The highest BCUT2D eigenvalue weighted by atomic mass is 16.5. The van der Waals surface area contributed by atoms with Gasteiger partial charge in [0.1, 0.15) is 5.76 Å². The van der Waals surface area contributed by atoms with Crippen LogP contribution in [-0.2, 0) is 4.74 Å². The van der Waals surface area contributed by atoms with Gasteiger partial charge in [-0.25, -0.2) is 0 Å². The Balaban J connectivity index is 4.19. The third-order valence-corrected chi connectivity index (χ3v) is 1.34. The molecular weight excluding hydrogens is 162 g/mol. The highest BCUT2D eigenvalue weighted by molar-refractivity contribution is 5.92. The molecule has 0 N–H and O–H groups in total. The average Bonchev–Trinajstić information content (AvgIpc) is 2.13. The molecule has 2 nitrogen and oxygen atoms in total. The van der Waals surface area contributed by atoms with Gasteiger partial charge in [0.25, 0.3) is 0 Å². The lowest BCUT2D eigenvalue weighted by molar-refractivity contribution is 0.178. The summed E-state index contributed by atoms with van der Waals surface area (Å²) in [4.78, 5) is 4.07. The average molecular weight is 177 g/mol. The molecule has 0 saturated heterocycles. The standard InChI is InChI=1S/C11H15NO/c1-6-9(3)12-8-11(5)13-10(4)7-2/h2,6,8,10H,1H2,3-5H3/b11-8+,12-9?/t10-/m0/s1. The van der Waals surface area contributed by atoms with E-state index in [1.54, 1.807) is 19.2 Å². The van der Waals surface area contributed by atoms with Gasteiger partial charge in [-0.2, -0.15) is 0 Å². The highest BCUT2D eigenvalue weighted by Crippen LogP contribution is 2.00. The van der Waals surface area contributed by atoms with Crippen LogP contribution in [0.5, 0.6) is 0 Å². The molecule has 0 saturated carbocycles. The Morgan fingerprint density at radius 1 is 1.62 bits per heavy atom. The van der Waals surface area contributed by atoms with Gasteiger partial charge in [0, 0.05) is 5.71 Å². The summed E-state index contributed by atoms with van der Waals surface area (Å²) in [6.45, 7) is 9.07. The summed E-state index contributed by atoms with van der Waals surface area (Å²) in [6, 6.07) is 0. The van der Waals surface area contributed by atoms with Crippen LogP contribution in [0.4, 0.5) is 0 Å². The molecule has 0 radical (unpaired) electrons. The second-order valence-electron chi connectivity index (χ2n) is 2.64. The molecule has 0 fully saturated rings. The van der Waals surface area contributed by atoms with Crippen molar-refractivity contribution in [1.82, 2.24) is 0 Å². The van der Waals surface area contributed by atoms with Gasteiger partial charge >= 0.3 is 0 Å². The van der Waals surface area contributed by atoms with Gasteiger partial charge in [-0.1, -0.05) is 12.5 Å². The largest absolute Gasteiger partial charge is 0.481 e. The summed E-state index contributed by atoms with van der Waals surface area (Å²) in [7, 11) is 0. The molecule has 13 heavy (non-hydrogen) atoms. The lowest BCUT2D eigenvalue weighted by atomic mass is 10.4. The van der Waals surface area contributed by atoms with Crippen molar-refractivity contribution >= 4 is 5.71 Å². The highest BCUT2D eigenvalue weighted by Gasteiger charge is 1.95. The number of rotatable bonds is 4. The van der Waals surface area contributed by atoms with Crippen LogP contribution in [-0.4, -0.2) is 11.8 Å². The minimum atomic E-state index is -0.213. The molecule has 0 aromatic rings. The lowest BCUT2D eigenvalue weighted by Crippen LogP contribution is -2.02. The number of aliphatic imine (C=N–C) groups is 1. The van der Waals surface area contributed by atoms with Crippen LogP contribution >= 0.6 is 0 Å². The second kappa shape index (κ2) is 6.07. The molecule has 0 unspecified atom stereocenters. The Hall–Kier alpha value is -1.49. The zero-order valence-corrected chi connectivity index (χ0v) is 8.37. The van der Waals surface area contributed by atoms with Crippen molar-refractivity contribution in [3.63, 3.8) is 0 Å². The van der Waals surface area contributed by atoms with Crippen molar-refractivity contribution in [1.29, 1.82) is 0 Å². The molecule has 0 heterocycles. The fourth-order valence-corrected chi connectivity index (χ4v) is 0.589. The number of nitrogens with zero attached hydrogens (tertiary/aromatic N) is 1. The van der Waals surface area contributed by atoms with Gasteiger partial charge in [-0.05, 0) is 26.8 Å². The number of allylic oxidation sites excluding steroid dienone is 2. The van der Waals surface area contributed by atoms with Crippen LogP contribution in [0.15, 0.2) is 29.6 Å². The van der Waals surface area contributed by atoms with Crippen LogP contribution in [0.3, 0.4) is 0 Å². The third-order valence-electron chi connectivity index (χ3n) is 1.34. The van der Waals surface area contributed by atoms with E-state index in [4.69, 9.17) is 11.2 Å². The first-order valence-electron chi connectivity index (χ1n) is 4.06. The summed E-state index contributed by atoms with van der Waals surface area (Å²) in [5, 5.41) is 0. The molecule has 0 aromatic carbocycles.